The number of anilines is 1. The molecule has 0 saturated heterocycles. The SMILES string of the molecule is C[Si](C)(C)CCOCn1cc2ccc(N)cc2n1. The molecule has 0 saturated carbocycles. The van der Waals surface area contributed by atoms with Gasteiger partial charge in [-0.25, -0.2) is 4.68 Å². The van der Waals surface area contributed by atoms with Crippen molar-refractivity contribution in [3.8, 4) is 0 Å². The van der Waals surface area contributed by atoms with E-state index >= 15 is 0 Å². The third-order valence-corrected chi connectivity index (χ3v) is 4.50. The number of hydrogen-bond donors (Lipinski definition) is 1. The molecular formula is C13H21N3OSi. The summed E-state index contributed by atoms with van der Waals surface area (Å²) in [5, 5.41) is 5.53. The lowest BCUT2D eigenvalue weighted by Crippen LogP contribution is -2.22. The minimum atomic E-state index is -1.01. The number of fused-ring (bicyclic) bond motifs is 1. The molecule has 0 amide bonds. The van der Waals surface area contributed by atoms with E-state index in [9.17, 15) is 0 Å². The van der Waals surface area contributed by atoms with Gasteiger partial charge in [0.2, 0.25) is 0 Å². The molecule has 0 aliphatic carbocycles. The number of hydrogen-bond acceptors (Lipinski definition) is 3. The van der Waals surface area contributed by atoms with E-state index in [-0.39, 0.29) is 0 Å². The number of aromatic nitrogens is 2. The van der Waals surface area contributed by atoms with Crippen LogP contribution in [0.3, 0.4) is 0 Å². The molecule has 0 unspecified atom stereocenters. The van der Waals surface area contributed by atoms with E-state index in [0.717, 1.165) is 23.2 Å². The maximum atomic E-state index is 5.73. The molecule has 18 heavy (non-hydrogen) atoms. The van der Waals surface area contributed by atoms with Gasteiger partial charge in [0.15, 0.2) is 0 Å². The Morgan fingerprint density at radius 3 is 2.83 bits per heavy atom. The van der Waals surface area contributed by atoms with Crippen LogP contribution in [0.4, 0.5) is 5.69 Å². The first-order chi connectivity index (χ1) is 8.44. The van der Waals surface area contributed by atoms with Gasteiger partial charge in [-0.3, -0.25) is 0 Å². The normalized spacial score (nSPS) is 12.2. The van der Waals surface area contributed by atoms with Crippen molar-refractivity contribution >= 4 is 24.7 Å². The Labute approximate surface area is 109 Å². The Morgan fingerprint density at radius 2 is 2.11 bits per heavy atom. The quantitative estimate of drug-likeness (QED) is 0.512. The highest BCUT2D eigenvalue weighted by Gasteiger charge is 2.12. The van der Waals surface area contributed by atoms with Crippen LogP contribution in [0.2, 0.25) is 25.7 Å². The zero-order valence-corrected chi connectivity index (χ0v) is 12.3. The summed E-state index contributed by atoms with van der Waals surface area (Å²) in [5.41, 5.74) is 7.39. The number of nitrogen functional groups attached to an aromatic ring is 1. The van der Waals surface area contributed by atoms with Crippen molar-refractivity contribution < 1.29 is 4.74 Å². The Bertz CT molecular complexity index is 531. The van der Waals surface area contributed by atoms with Crippen molar-refractivity contribution in [2.45, 2.75) is 32.4 Å². The summed E-state index contributed by atoms with van der Waals surface area (Å²) < 4.78 is 7.49. The number of rotatable bonds is 5. The fourth-order valence-electron chi connectivity index (χ4n) is 1.69. The molecule has 0 spiro atoms. The number of ether oxygens (including phenoxy) is 1. The Kier molecular flexibility index (Phi) is 3.73. The molecular weight excluding hydrogens is 242 g/mol. The van der Waals surface area contributed by atoms with Crippen LogP contribution in [0.15, 0.2) is 24.4 Å². The van der Waals surface area contributed by atoms with E-state index < -0.39 is 8.07 Å². The standard InChI is InChI=1S/C13H21N3OSi/c1-18(2,3)7-6-17-10-16-9-11-4-5-12(14)8-13(11)15-16/h4-5,8-9H,6-7,10,14H2,1-3H3. The van der Waals surface area contributed by atoms with E-state index in [2.05, 4.69) is 24.7 Å². The van der Waals surface area contributed by atoms with Gasteiger partial charge in [-0.15, -0.1) is 0 Å². The van der Waals surface area contributed by atoms with Crippen LogP contribution in [-0.2, 0) is 11.5 Å². The topological polar surface area (TPSA) is 53.1 Å². The fraction of sp³-hybridized carbons (Fsp3) is 0.462. The van der Waals surface area contributed by atoms with Gasteiger partial charge in [0, 0.05) is 32.0 Å². The summed E-state index contributed by atoms with van der Waals surface area (Å²) in [6, 6.07) is 6.94. The van der Waals surface area contributed by atoms with E-state index in [1.807, 2.05) is 29.1 Å². The monoisotopic (exact) mass is 263 g/mol. The van der Waals surface area contributed by atoms with Crippen LogP contribution in [-0.4, -0.2) is 24.5 Å². The first-order valence-electron chi connectivity index (χ1n) is 6.24. The molecule has 0 fully saturated rings. The Balaban J connectivity index is 1.92. The molecule has 2 rings (SSSR count). The average Bonchev–Trinajstić information content (AvgIpc) is 2.65. The molecule has 0 aliphatic heterocycles. The number of nitrogens with zero attached hydrogens (tertiary/aromatic N) is 2. The summed E-state index contributed by atoms with van der Waals surface area (Å²) in [7, 11) is -1.01. The van der Waals surface area contributed by atoms with Crippen LogP contribution >= 0.6 is 0 Å². The van der Waals surface area contributed by atoms with Gasteiger partial charge in [0.1, 0.15) is 6.73 Å². The van der Waals surface area contributed by atoms with Crippen molar-refractivity contribution in [3.05, 3.63) is 24.4 Å². The van der Waals surface area contributed by atoms with Crippen molar-refractivity contribution in [2.75, 3.05) is 12.3 Å². The zero-order valence-electron chi connectivity index (χ0n) is 11.3. The molecule has 0 bridgehead atoms. The molecule has 0 radical (unpaired) electrons. The van der Waals surface area contributed by atoms with Gasteiger partial charge in [0.25, 0.3) is 0 Å². The van der Waals surface area contributed by atoms with Gasteiger partial charge in [0.05, 0.1) is 5.52 Å². The molecule has 5 heteroatoms. The van der Waals surface area contributed by atoms with Gasteiger partial charge in [-0.1, -0.05) is 19.6 Å². The predicted molar refractivity (Wildman–Crippen MR) is 78.3 cm³/mol. The van der Waals surface area contributed by atoms with Crippen LogP contribution in [0, 0.1) is 0 Å². The lowest BCUT2D eigenvalue weighted by Gasteiger charge is -2.15. The van der Waals surface area contributed by atoms with Crippen LogP contribution in [0.25, 0.3) is 10.9 Å². The van der Waals surface area contributed by atoms with Crippen molar-refractivity contribution in [3.63, 3.8) is 0 Å². The van der Waals surface area contributed by atoms with Crippen LogP contribution < -0.4 is 5.73 Å². The van der Waals surface area contributed by atoms with E-state index in [1.54, 1.807) is 0 Å². The summed E-state index contributed by atoms with van der Waals surface area (Å²) in [6.45, 7) is 8.37. The Hall–Kier alpha value is -1.33. The second-order valence-corrected chi connectivity index (χ2v) is 11.5. The molecule has 0 atom stereocenters. The molecule has 2 aromatic rings. The molecule has 0 aliphatic rings. The highest BCUT2D eigenvalue weighted by atomic mass is 28.3. The highest BCUT2D eigenvalue weighted by Crippen LogP contribution is 2.15. The molecule has 1 heterocycles. The van der Waals surface area contributed by atoms with Gasteiger partial charge < -0.3 is 10.5 Å². The summed E-state index contributed by atoms with van der Waals surface area (Å²) in [5.74, 6) is 0. The van der Waals surface area contributed by atoms with Crippen molar-refractivity contribution in [1.29, 1.82) is 0 Å². The molecule has 2 N–H and O–H groups in total. The fourth-order valence-corrected chi connectivity index (χ4v) is 2.44. The summed E-state index contributed by atoms with van der Waals surface area (Å²) in [6.07, 6.45) is 1.99. The minimum Gasteiger partial charge on any atom is -0.399 e. The minimum absolute atomic E-state index is 0.513. The molecule has 4 nitrogen and oxygen atoms in total. The van der Waals surface area contributed by atoms with Gasteiger partial charge >= 0.3 is 0 Å². The second kappa shape index (κ2) is 5.12. The van der Waals surface area contributed by atoms with Crippen LogP contribution in [0.1, 0.15) is 0 Å². The third-order valence-electron chi connectivity index (χ3n) is 2.80. The van der Waals surface area contributed by atoms with Crippen molar-refractivity contribution in [2.24, 2.45) is 0 Å². The maximum absolute atomic E-state index is 5.73. The molecule has 1 aromatic carbocycles. The zero-order chi connectivity index (χ0) is 13.2. The highest BCUT2D eigenvalue weighted by molar-refractivity contribution is 6.76. The summed E-state index contributed by atoms with van der Waals surface area (Å²) in [4.78, 5) is 0. The largest absolute Gasteiger partial charge is 0.399 e. The van der Waals surface area contributed by atoms with Gasteiger partial charge in [-0.05, 0) is 24.2 Å². The lowest BCUT2D eigenvalue weighted by molar-refractivity contribution is 0.0791. The van der Waals surface area contributed by atoms with E-state index in [1.165, 1.54) is 6.04 Å². The smallest absolute Gasteiger partial charge is 0.139 e. The number of nitrogens with two attached hydrogens (primary N) is 1. The maximum Gasteiger partial charge on any atom is 0.139 e. The average molecular weight is 263 g/mol. The number of benzene rings is 1. The first-order valence-corrected chi connectivity index (χ1v) is 9.95. The third kappa shape index (κ3) is 3.58. The molecule has 98 valence electrons. The van der Waals surface area contributed by atoms with Crippen molar-refractivity contribution in [1.82, 2.24) is 9.78 Å². The lowest BCUT2D eigenvalue weighted by atomic mass is 10.2. The van der Waals surface area contributed by atoms with E-state index in [4.69, 9.17) is 10.5 Å². The van der Waals surface area contributed by atoms with Crippen LogP contribution in [0.5, 0.6) is 0 Å². The van der Waals surface area contributed by atoms with E-state index in [0.29, 0.717) is 6.73 Å². The Morgan fingerprint density at radius 1 is 1.33 bits per heavy atom. The first kappa shape index (κ1) is 13.1. The predicted octanol–water partition coefficient (Wildman–Crippen LogP) is 2.93. The summed E-state index contributed by atoms with van der Waals surface area (Å²) >= 11 is 0. The second-order valence-electron chi connectivity index (χ2n) is 5.83. The molecule has 1 aromatic heterocycles. The van der Waals surface area contributed by atoms with Gasteiger partial charge in [-0.2, -0.15) is 5.10 Å².